The summed E-state index contributed by atoms with van der Waals surface area (Å²) in [5, 5.41) is 13.2. The van der Waals surface area contributed by atoms with E-state index in [0.717, 1.165) is 29.3 Å². The van der Waals surface area contributed by atoms with Crippen molar-refractivity contribution in [1.29, 1.82) is 0 Å². The van der Waals surface area contributed by atoms with E-state index in [4.69, 9.17) is 0 Å². The van der Waals surface area contributed by atoms with Crippen LogP contribution in [0, 0.1) is 19.8 Å². The van der Waals surface area contributed by atoms with Crippen molar-refractivity contribution in [2.75, 3.05) is 32.0 Å². The van der Waals surface area contributed by atoms with Crippen molar-refractivity contribution >= 4 is 5.69 Å². The van der Waals surface area contributed by atoms with Gasteiger partial charge in [0, 0.05) is 12.2 Å². The highest BCUT2D eigenvalue weighted by Gasteiger charge is 2.16. The maximum absolute atomic E-state index is 9.64. The second-order valence-electron chi connectivity index (χ2n) is 5.58. The largest absolute Gasteiger partial charge is 0.508 e. The van der Waals surface area contributed by atoms with Gasteiger partial charge in [-0.05, 0) is 76.0 Å². The normalized spacial score (nSPS) is 17.9. The topological polar surface area (TPSA) is 35.5 Å². The third kappa shape index (κ3) is 3.16. The minimum absolute atomic E-state index is 0.386. The van der Waals surface area contributed by atoms with Crippen molar-refractivity contribution < 1.29 is 5.11 Å². The minimum atomic E-state index is 0.386. The number of aryl methyl sites for hydroxylation is 2. The summed E-state index contributed by atoms with van der Waals surface area (Å²) in [6, 6.07) is 3.88. The van der Waals surface area contributed by atoms with Crippen LogP contribution in [0.15, 0.2) is 12.1 Å². The summed E-state index contributed by atoms with van der Waals surface area (Å²) < 4.78 is 0. The molecule has 0 amide bonds. The Morgan fingerprint density at radius 1 is 1.22 bits per heavy atom. The molecule has 18 heavy (non-hydrogen) atoms. The van der Waals surface area contributed by atoms with E-state index >= 15 is 0 Å². The highest BCUT2D eigenvalue weighted by molar-refractivity contribution is 5.56. The van der Waals surface area contributed by atoms with E-state index < -0.39 is 0 Å². The maximum atomic E-state index is 9.64. The summed E-state index contributed by atoms with van der Waals surface area (Å²) in [5.74, 6) is 1.16. The summed E-state index contributed by atoms with van der Waals surface area (Å²) in [4.78, 5) is 2.40. The number of piperidine rings is 1. The van der Waals surface area contributed by atoms with Crippen LogP contribution in [0.2, 0.25) is 0 Å². The zero-order chi connectivity index (χ0) is 13.1. The molecular formula is C15H24N2O. The van der Waals surface area contributed by atoms with Crippen LogP contribution in [0.3, 0.4) is 0 Å². The van der Waals surface area contributed by atoms with Gasteiger partial charge in [0.05, 0.1) is 0 Å². The van der Waals surface area contributed by atoms with Crippen molar-refractivity contribution in [2.24, 2.45) is 5.92 Å². The lowest BCUT2D eigenvalue weighted by Gasteiger charge is -2.29. The Kier molecular flexibility index (Phi) is 4.12. The summed E-state index contributed by atoms with van der Waals surface area (Å²) in [5.41, 5.74) is 3.21. The quantitative estimate of drug-likeness (QED) is 0.807. The first-order valence-electron chi connectivity index (χ1n) is 6.79. The average Bonchev–Trinajstić information content (AvgIpc) is 2.34. The van der Waals surface area contributed by atoms with Gasteiger partial charge in [0.15, 0.2) is 0 Å². The number of hydrogen-bond donors (Lipinski definition) is 2. The number of phenolic OH excluding ortho intramolecular Hbond substituents is 1. The molecule has 0 bridgehead atoms. The molecule has 0 saturated carbocycles. The number of anilines is 1. The van der Waals surface area contributed by atoms with Crippen LogP contribution in [-0.4, -0.2) is 36.7 Å². The average molecular weight is 248 g/mol. The fourth-order valence-corrected chi connectivity index (χ4v) is 2.51. The molecule has 1 saturated heterocycles. The van der Waals surface area contributed by atoms with Crippen molar-refractivity contribution in [3.05, 3.63) is 23.3 Å². The molecule has 1 aliphatic rings. The smallest absolute Gasteiger partial charge is 0.118 e. The van der Waals surface area contributed by atoms with Crippen LogP contribution in [0.5, 0.6) is 5.75 Å². The number of benzene rings is 1. The molecule has 3 heteroatoms. The van der Waals surface area contributed by atoms with Gasteiger partial charge in [-0.2, -0.15) is 0 Å². The van der Waals surface area contributed by atoms with Gasteiger partial charge in [-0.1, -0.05) is 0 Å². The molecule has 0 atom stereocenters. The van der Waals surface area contributed by atoms with Crippen molar-refractivity contribution in [3.63, 3.8) is 0 Å². The Balaban J connectivity index is 1.92. The van der Waals surface area contributed by atoms with Crippen LogP contribution in [0.1, 0.15) is 24.0 Å². The Labute approximate surface area is 110 Å². The molecule has 100 valence electrons. The van der Waals surface area contributed by atoms with Gasteiger partial charge < -0.3 is 15.3 Å². The summed E-state index contributed by atoms with van der Waals surface area (Å²) in [6.07, 6.45) is 2.55. The lowest BCUT2D eigenvalue weighted by atomic mass is 9.97. The third-order valence-electron chi connectivity index (χ3n) is 3.96. The summed E-state index contributed by atoms with van der Waals surface area (Å²) >= 11 is 0. The molecule has 1 fully saturated rings. The third-order valence-corrected chi connectivity index (χ3v) is 3.96. The monoisotopic (exact) mass is 248 g/mol. The van der Waals surface area contributed by atoms with Crippen LogP contribution >= 0.6 is 0 Å². The van der Waals surface area contributed by atoms with Crippen molar-refractivity contribution in [3.8, 4) is 5.75 Å². The molecular weight excluding hydrogens is 224 g/mol. The molecule has 3 nitrogen and oxygen atoms in total. The zero-order valence-corrected chi connectivity index (χ0v) is 11.7. The van der Waals surface area contributed by atoms with Crippen molar-refractivity contribution in [2.45, 2.75) is 26.7 Å². The number of aromatic hydroxyl groups is 1. The van der Waals surface area contributed by atoms with Gasteiger partial charge in [-0.15, -0.1) is 0 Å². The molecule has 1 aromatic carbocycles. The van der Waals surface area contributed by atoms with E-state index in [1.165, 1.54) is 25.9 Å². The predicted octanol–water partition coefficient (Wildman–Crippen LogP) is 2.76. The van der Waals surface area contributed by atoms with E-state index in [0.29, 0.717) is 5.75 Å². The number of phenols is 1. The predicted molar refractivity (Wildman–Crippen MR) is 76.3 cm³/mol. The number of rotatable bonds is 3. The number of hydrogen-bond acceptors (Lipinski definition) is 3. The summed E-state index contributed by atoms with van der Waals surface area (Å²) in [6.45, 7) is 7.43. The molecule has 0 aromatic heterocycles. The first-order chi connectivity index (χ1) is 8.56. The molecule has 1 aliphatic heterocycles. The Morgan fingerprint density at radius 3 is 2.56 bits per heavy atom. The van der Waals surface area contributed by atoms with Crippen LogP contribution in [-0.2, 0) is 0 Å². The number of nitrogens with zero attached hydrogens (tertiary/aromatic N) is 1. The SMILES string of the molecule is Cc1cc(NCC2CCN(C)CC2)c(C)cc1O. The van der Waals surface area contributed by atoms with E-state index in [1.54, 1.807) is 0 Å². The molecule has 1 heterocycles. The maximum Gasteiger partial charge on any atom is 0.118 e. The number of likely N-dealkylation sites (tertiary alicyclic amines) is 1. The van der Waals surface area contributed by atoms with Gasteiger partial charge >= 0.3 is 0 Å². The Bertz CT molecular complexity index is 409. The van der Waals surface area contributed by atoms with Crippen LogP contribution in [0.4, 0.5) is 5.69 Å². The molecule has 2 N–H and O–H groups in total. The van der Waals surface area contributed by atoms with Gasteiger partial charge in [0.2, 0.25) is 0 Å². The highest BCUT2D eigenvalue weighted by Crippen LogP contribution is 2.26. The zero-order valence-electron chi connectivity index (χ0n) is 11.7. The molecule has 0 spiro atoms. The summed E-state index contributed by atoms with van der Waals surface area (Å²) in [7, 11) is 2.19. The lowest BCUT2D eigenvalue weighted by molar-refractivity contribution is 0.226. The Morgan fingerprint density at radius 2 is 1.89 bits per heavy atom. The minimum Gasteiger partial charge on any atom is -0.508 e. The Hall–Kier alpha value is -1.22. The fourth-order valence-electron chi connectivity index (χ4n) is 2.51. The second kappa shape index (κ2) is 5.61. The molecule has 1 aromatic rings. The standard InChI is InChI=1S/C15H24N2O/c1-11-9-15(18)12(2)8-14(11)16-10-13-4-6-17(3)7-5-13/h8-9,13,16,18H,4-7,10H2,1-3H3. The first-order valence-corrected chi connectivity index (χ1v) is 6.79. The number of nitrogens with one attached hydrogen (secondary N) is 1. The molecule has 2 rings (SSSR count). The van der Waals surface area contributed by atoms with E-state index in [2.05, 4.69) is 17.3 Å². The highest BCUT2D eigenvalue weighted by atomic mass is 16.3. The molecule has 0 unspecified atom stereocenters. The van der Waals surface area contributed by atoms with E-state index in [1.807, 2.05) is 26.0 Å². The molecule has 0 aliphatic carbocycles. The van der Waals surface area contributed by atoms with Crippen LogP contribution < -0.4 is 5.32 Å². The fraction of sp³-hybridized carbons (Fsp3) is 0.600. The van der Waals surface area contributed by atoms with E-state index in [9.17, 15) is 5.11 Å². The molecule has 0 radical (unpaired) electrons. The van der Waals surface area contributed by atoms with Crippen molar-refractivity contribution in [1.82, 2.24) is 4.90 Å². The van der Waals surface area contributed by atoms with Crippen LogP contribution in [0.25, 0.3) is 0 Å². The first kappa shape index (κ1) is 13.2. The van der Waals surface area contributed by atoms with E-state index in [-0.39, 0.29) is 0 Å². The second-order valence-corrected chi connectivity index (χ2v) is 5.58. The van der Waals surface area contributed by atoms with Gasteiger partial charge in [-0.3, -0.25) is 0 Å². The van der Waals surface area contributed by atoms with Gasteiger partial charge in [-0.25, -0.2) is 0 Å². The lowest BCUT2D eigenvalue weighted by Crippen LogP contribution is -2.33. The van der Waals surface area contributed by atoms with Gasteiger partial charge in [0.1, 0.15) is 5.75 Å². The van der Waals surface area contributed by atoms with Gasteiger partial charge in [0.25, 0.3) is 0 Å².